The number of nitriles is 1. The molecule has 0 unspecified atom stereocenters. The van der Waals surface area contributed by atoms with Crippen molar-refractivity contribution in [2.45, 2.75) is 6.92 Å². The van der Waals surface area contributed by atoms with Gasteiger partial charge in [0.2, 0.25) is 0 Å². The fourth-order valence-electron chi connectivity index (χ4n) is 1.80. The summed E-state index contributed by atoms with van der Waals surface area (Å²) in [7, 11) is 0. The van der Waals surface area contributed by atoms with E-state index >= 15 is 0 Å². The number of H-pyrrole nitrogens is 1. The molecule has 3 aromatic rings. The van der Waals surface area contributed by atoms with Crippen molar-refractivity contribution in [3.63, 3.8) is 0 Å². The number of rotatable bonds is 2. The molecule has 0 aliphatic heterocycles. The van der Waals surface area contributed by atoms with Crippen molar-refractivity contribution >= 4 is 11.3 Å². The van der Waals surface area contributed by atoms with Crippen molar-refractivity contribution in [2.24, 2.45) is 0 Å². The monoisotopic (exact) mass is 267 g/mol. The average molecular weight is 267 g/mol. The van der Waals surface area contributed by atoms with E-state index in [0.29, 0.717) is 11.4 Å². The first-order valence-corrected chi connectivity index (χ1v) is 6.43. The van der Waals surface area contributed by atoms with Crippen molar-refractivity contribution in [2.75, 3.05) is 0 Å². The van der Waals surface area contributed by atoms with E-state index in [1.165, 1.54) is 0 Å². The van der Waals surface area contributed by atoms with Gasteiger partial charge in [-0.2, -0.15) is 15.6 Å². The van der Waals surface area contributed by atoms with Crippen LogP contribution in [0.15, 0.2) is 30.5 Å². The molecule has 0 aliphatic rings. The molecule has 3 aromatic heterocycles. The summed E-state index contributed by atoms with van der Waals surface area (Å²) in [4.78, 5) is 6.23. The molecule has 0 spiro atoms. The average Bonchev–Trinajstić information content (AvgIpc) is 3.07. The maximum absolute atomic E-state index is 8.95. The highest BCUT2D eigenvalue weighted by molar-refractivity contribution is 7.18. The second kappa shape index (κ2) is 4.63. The first kappa shape index (κ1) is 11.6. The van der Waals surface area contributed by atoms with Gasteiger partial charge in [-0.15, -0.1) is 16.4 Å². The molecule has 0 atom stereocenters. The first-order chi connectivity index (χ1) is 9.28. The van der Waals surface area contributed by atoms with Crippen molar-refractivity contribution in [3.8, 4) is 27.1 Å². The number of hydrogen-bond acceptors (Lipinski definition) is 5. The zero-order valence-corrected chi connectivity index (χ0v) is 10.9. The van der Waals surface area contributed by atoms with Crippen LogP contribution in [-0.4, -0.2) is 20.4 Å². The highest BCUT2D eigenvalue weighted by Crippen LogP contribution is 2.34. The number of nitrogens with zero attached hydrogens (tertiary/aromatic N) is 4. The Labute approximate surface area is 113 Å². The Morgan fingerprint density at radius 3 is 2.84 bits per heavy atom. The van der Waals surface area contributed by atoms with Crippen molar-refractivity contribution in [1.29, 1.82) is 5.26 Å². The summed E-state index contributed by atoms with van der Waals surface area (Å²) >= 11 is 1.58. The number of aryl methyl sites for hydroxylation is 1. The maximum Gasteiger partial charge on any atom is 0.191 e. The number of hydrogen-bond donors (Lipinski definition) is 1. The molecule has 3 rings (SSSR count). The predicted octanol–water partition coefficient (Wildman–Crippen LogP) is 2.78. The molecule has 19 heavy (non-hydrogen) atoms. The van der Waals surface area contributed by atoms with Gasteiger partial charge in [0.25, 0.3) is 0 Å². The van der Waals surface area contributed by atoms with Crippen LogP contribution in [-0.2, 0) is 0 Å². The topological polar surface area (TPSA) is 78.2 Å². The van der Waals surface area contributed by atoms with Crippen molar-refractivity contribution in [3.05, 3.63) is 41.9 Å². The lowest BCUT2D eigenvalue weighted by Gasteiger charge is -1.97. The zero-order chi connectivity index (χ0) is 13.2. The Hall–Kier alpha value is -2.52. The molecular formula is C13H9N5S. The third kappa shape index (κ3) is 2.11. The van der Waals surface area contributed by atoms with Gasteiger partial charge in [0.05, 0.1) is 4.88 Å². The minimum atomic E-state index is 0.319. The van der Waals surface area contributed by atoms with E-state index in [4.69, 9.17) is 5.26 Å². The summed E-state index contributed by atoms with van der Waals surface area (Å²) < 4.78 is 0. The predicted molar refractivity (Wildman–Crippen MR) is 72.4 cm³/mol. The molecule has 0 radical (unpaired) electrons. The molecule has 6 heteroatoms. The van der Waals surface area contributed by atoms with Crippen molar-refractivity contribution in [1.82, 2.24) is 20.4 Å². The summed E-state index contributed by atoms with van der Waals surface area (Å²) in [6, 6.07) is 10.00. The van der Waals surface area contributed by atoms with Crippen LogP contribution < -0.4 is 0 Å². The molecule has 92 valence electrons. The van der Waals surface area contributed by atoms with Gasteiger partial charge in [-0.1, -0.05) is 0 Å². The number of pyridine rings is 1. The molecule has 0 fully saturated rings. The fraction of sp³-hybridized carbons (Fsp3) is 0.0769. The number of aromatic nitrogens is 4. The summed E-state index contributed by atoms with van der Waals surface area (Å²) in [5.41, 5.74) is 3.01. The van der Waals surface area contributed by atoms with E-state index in [1.54, 1.807) is 17.5 Å². The first-order valence-electron chi connectivity index (χ1n) is 5.62. The molecule has 5 nitrogen and oxygen atoms in total. The van der Waals surface area contributed by atoms with Crippen LogP contribution >= 0.6 is 11.3 Å². The van der Waals surface area contributed by atoms with Gasteiger partial charge in [0, 0.05) is 16.8 Å². The van der Waals surface area contributed by atoms with Crippen LogP contribution in [0.2, 0.25) is 0 Å². The molecule has 0 amide bonds. The van der Waals surface area contributed by atoms with E-state index < -0.39 is 0 Å². The van der Waals surface area contributed by atoms with Gasteiger partial charge < -0.3 is 0 Å². The third-order valence-corrected chi connectivity index (χ3v) is 3.82. The highest BCUT2D eigenvalue weighted by Gasteiger charge is 2.12. The van der Waals surface area contributed by atoms with Crippen LogP contribution in [0, 0.1) is 18.3 Å². The standard InChI is InChI=1S/C13H9N5S/c1-8-6-9(4-5-15-8)11-2-3-12(19-11)13-10(7-14)16-18-17-13/h2-6H,1H3,(H,16,17,18). The Balaban J connectivity index is 2.03. The molecule has 3 heterocycles. The highest BCUT2D eigenvalue weighted by atomic mass is 32.1. The van der Waals surface area contributed by atoms with Gasteiger partial charge in [-0.05, 0) is 36.8 Å². The summed E-state index contributed by atoms with van der Waals surface area (Å²) in [6.07, 6.45) is 1.79. The van der Waals surface area contributed by atoms with E-state index in [0.717, 1.165) is 21.0 Å². The largest absolute Gasteiger partial charge is 0.262 e. The van der Waals surface area contributed by atoms with E-state index in [2.05, 4.69) is 20.4 Å². The van der Waals surface area contributed by atoms with Gasteiger partial charge in [-0.3, -0.25) is 4.98 Å². The number of thiophene rings is 1. The molecular weight excluding hydrogens is 258 g/mol. The summed E-state index contributed by atoms with van der Waals surface area (Å²) in [6.45, 7) is 1.96. The van der Waals surface area contributed by atoms with Crippen molar-refractivity contribution < 1.29 is 0 Å². The smallest absolute Gasteiger partial charge is 0.191 e. The molecule has 1 N–H and O–H groups in total. The SMILES string of the molecule is Cc1cc(-c2ccc(-c3n[nH]nc3C#N)s2)ccn1. The summed E-state index contributed by atoms with van der Waals surface area (Å²) in [5.74, 6) is 0. The Morgan fingerprint density at radius 1 is 1.21 bits per heavy atom. The molecule has 0 bridgehead atoms. The third-order valence-electron chi connectivity index (χ3n) is 2.67. The lowest BCUT2D eigenvalue weighted by atomic mass is 10.2. The van der Waals surface area contributed by atoms with Crippen LogP contribution in [0.25, 0.3) is 21.0 Å². The van der Waals surface area contributed by atoms with Gasteiger partial charge in [0.15, 0.2) is 5.69 Å². The van der Waals surface area contributed by atoms with E-state index in [-0.39, 0.29) is 0 Å². The molecule has 0 saturated heterocycles. The van der Waals surface area contributed by atoms with E-state index in [1.807, 2.05) is 37.3 Å². The van der Waals surface area contributed by atoms with Crippen LogP contribution in [0.5, 0.6) is 0 Å². The number of nitrogens with one attached hydrogen (secondary N) is 1. The number of aromatic amines is 1. The van der Waals surface area contributed by atoms with Gasteiger partial charge in [-0.25, -0.2) is 0 Å². The minimum Gasteiger partial charge on any atom is -0.262 e. The molecule has 0 aliphatic carbocycles. The molecule has 0 aromatic carbocycles. The Kier molecular flexibility index (Phi) is 2.82. The van der Waals surface area contributed by atoms with Crippen LogP contribution in [0.1, 0.15) is 11.4 Å². The van der Waals surface area contributed by atoms with Crippen LogP contribution in [0.4, 0.5) is 0 Å². The quantitative estimate of drug-likeness (QED) is 0.774. The second-order valence-electron chi connectivity index (χ2n) is 3.98. The zero-order valence-electron chi connectivity index (χ0n) is 10.1. The lowest BCUT2D eigenvalue weighted by Crippen LogP contribution is -1.79. The normalized spacial score (nSPS) is 10.3. The van der Waals surface area contributed by atoms with Gasteiger partial charge >= 0.3 is 0 Å². The fourth-order valence-corrected chi connectivity index (χ4v) is 2.79. The van der Waals surface area contributed by atoms with Gasteiger partial charge in [0.1, 0.15) is 11.8 Å². The Morgan fingerprint density at radius 2 is 2.05 bits per heavy atom. The molecule has 0 saturated carbocycles. The summed E-state index contributed by atoms with van der Waals surface area (Å²) in [5, 5.41) is 19.3. The maximum atomic E-state index is 8.95. The Bertz CT molecular complexity index is 765. The lowest BCUT2D eigenvalue weighted by molar-refractivity contribution is 0.937. The second-order valence-corrected chi connectivity index (χ2v) is 5.07. The van der Waals surface area contributed by atoms with E-state index in [9.17, 15) is 0 Å². The minimum absolute atomic E-state index is 0.319. The van der Waals surface area contributed by atoms with Crippen LogP contribution in [0.3, 0.4) is 0 Å².